The predicted molar refractivity (Wildman–Crippen MR) is 77.4 cm³/mol. The van der Waals surface area contributed by atoms with Crippen molar-refractivity contribution in [1.29, 1.82) is 0 Å². The molecule has 1 fully saturated rings. The van der Waals surface area contributed by atoms with Crippen LogP contribution in [0.3, 0.4) is 0 Å². The summed E-state index contributed by atoms with van der Waals surface area (Å²) in [5.41, 5.74) is 2.96. The van der Waals surface area contributed by atoms with Gasteiger partial charge in [0.2, 0.25) is 0 Å². The van der Waals surface area contributed by atoms with Crippen LogP contribution in [0, 0.1) is 6.92 Å². The van der Waals surface area contributed by atoms with Gasteiger partial charge in [0.25, 0.3) is 5.91 Å². The Balaban J connectivity index is 1.88. The third kappa shape index (κ3) is 2.25. The number of H-pyrrole nitrogens is 1. The first-order chi connectivity index (χ1) is 9.15. The van der Waals surface area contributed by atoms with Gasteiger partial charge in [-0.15, -0.1) is 0 Å². The van der Waals surface area contributed by atoms with Crippen molar-refractivity contribution in [2.45, 2.75) is 38.6 Å². The molecule has 100 valence electrons. The van der Waals surface area contributed by atoms with E-state index in [9.17, 15) is 4.79 Å². The number of carbonyl (C=O) groups excluding carboxylic acids is 1. The number of aromatic nitrogens is 1. The zero-order valence-corrected chi connectivity index (χ0v) is 11.6. The lowest BCUT2D eigenvalue weighted by atomic mass is 10.2. The second-order valence-corrected chi connectivity index (χ2v) is 5.63. The summed E-state index contributed by atoms with van der Waals surface area (Å²) in [4.78, 5) is 17.6. The first-order valence-electron chi connectivity index (χ1n) is 7.02. The van der Waals surface area contributed by atoms with Gasteiger partial charge in [0.1, 0.15) is 5.69 Å². The molecule has 1 aliphatic carbocycles. The average Bonchev–Trinajstić information content (AvgIpc) is 3.05. The van der Waals surface area contributed by atoms with E-state index in [4.69, 9.17) is 0 Å². The molecule has 3 rings (SSSR count). The van der Waals surface area contributed by atoms with Crippen molar-refractivity contribution in [1.82, 2.24) is 9.88 Å². The summed E-state index contributed by atoms with van der Waals surface area (Å²) in [7, 11) is 1.93. The van der Waals surface area contributed by atoms with E-state index < -0.39 is 0 Å². The molecule has 1 N–H and O–H groups in total. The van der Waals surface area contributed by atoms with E-state index in [0.29, 0.717) is 11.7 Å². The fourth-order valence-electron chi connectivity index (χ4n) is 3.01. The van der Waals surface area contributed by atoms with Crippen LogP contribution in [0.2, 0.25) is 0 Å². The van der Waals surface area contributed by atoms with E-state index in [1.54, 1.807) is 0 Å². The number of carbonyl (C=O) groups is 1. The number of aromatic amines is 1. The summed E-state index contributed by atoms with van der Waals surface area (Å²) in [6.45, 7) is 2.07. The smallest absolute Gasteiger partial charge is 0.270 e. The summed E-state index contributed by atoms with van der Waals surface area (Å²) < 4.78 is 0. The zero-order valence-electron chi connectivity index (χ0n) is 11.6. The summed E-state index contributed by atoms with van der Waals surface area (Å²) in [5.74, 6) is 0.112. The standard InChI is InChI=1S/C16H20N2O/c1-11-7-8-14-12(9-11)10-15(17-14)16(19)18(2)13-5-3-4-6-13/h7-10,13,17H,3-6H2,1-2H3. The highest BCUT2D eigenvalue weighted by atomic mass is 16.2. The number of hydrogen-bond acceptors (Lipinski definition) is 1. The van der Waals surface area contributed by atoms with Gasteiger partial charge in [-0.2, -0.15) is 0 Å². The summed E-state index contributed by atoms with van der Waals surface area (Å²) >= 11 is 0. The normalized spacial score (nSPS) is 16.1. The molecule has 3 nitrogen and oxygen atoms in total. The Morgan fingerprint density at radius 3 is 2.74 bits per heavy atom. The molecule has 2 aromatic rings. The maximum Gasteiger partial charge on any atom is 0.270 e. The SMILES string of the molecule is Cc1ccc2[nH]c(C(=O)N(C)C3CCCC3)cc2c1. The second-order valence-electron chi connectivity index (χ2n) is 5.63. The van der Waals surface area contributed by atoms with E-state index in [0.717, 1.165) is 23.7 Å². The Hall–Kier alpha value is -1.77. The van der Waals surface area contributed by atoms with Crippen molar-refractivity contribution in [2.24, 2.45) is 0 Å². The van der Waals surface area contributed by atoms with Gasteiger partial charge in [-0.05, 0) is 38.0 Å². The number of rotatable bonds is 2. The topological polar surface area (TPSA) is 36.1 Å². The first kappa shape index (κ1) is 12.3. The lowest BCUT2D eigenvalue weighted by molar-refractivity contribution is 0.0730. The van der Waals surface area contributed by atoms with Crippen molar-refractivity contribution >= 4 is 16.8 Å². The van der Waals surface area contributed by atoms with Crippen molar-refractivity contribution in [3.05, 3.63) is 35.5 Å². The summed E-state index contributed by atoms with van der Waals surface area (Å²) in [5, 5.41) is 1.11. The fraction of sp³-hybridized carbons (Fsp3) is 0.438. The highest BCUT2D eigenvalue weighted by Gasteiger charge is 2.25. The molecule has 1 aromatic heterocycles. The molecular weight excluding hydrogens is 236 g/mol. The Morgan fingerprint density at radius 2 is 2.00 bits per heavy atom. The number of aryl methyl sites for hydroxylation is 1. The maximum atomic E-state index is 12.5. The molecule has 1 amide bonds. The van der Waals surface area contributed by atoms with E-state index in [-0.39, 0.29) is 5.91 Å². The molecule has 0 atom stereocenters. The molecule has 1 aromatic carbocycles. The van der Waals surface area contributed by atoms with E-state index in [1.165, 1.54) is 18.4 Å². The van der Waals surface area contributed by atoms with Gasteiger partial charge >= 0.3 is 0 Å². The fourth-order valence-corrected chi connectivity index (χ4v) is 3.01. The number of nitrogens with zero attached hydrogens (tertiary/aromatic N) is 1. The number of fused-ring (bicyclic) bond motifs is 1. The number of nitrogens with one attached hydrogen (secondary N) is 1. The van der Waals surface area contributed by atoms with Crippen LogP contribution in [0.1, 0.15) is 41.7 Å². The molecule has 0 unspecified atom stereocenters. The molecule has 1 saturated carbocycles. The Bertz CT molecular complexity index is 608. The van der Waals surface area contributed by atoms with Gasteiger partial charge in [0, 0.05) is 24.0 Å². The quantitative estimate of drug-likeness (QED) is 0.877. The van der Waals surface area contributed by atoms with Crippen LogP contribution < -0.4 is 0 Å². The maximum absolute atomic E-state index is 12.5. The Morgan fingerprint density at radius 1 is 1.26 bits per heavy atom. The molecule has 0 saturated heterocycles. The molecule has 0 spiro atoms. The van der Waals surface area contributed by atoms with Gasteiger partial charge in [-0.3, -0.25) is 4.79 Å². The highest BCUT2D eigenvalue weighted by Crippen LogP contribution is 2.24. The van der Waals surface area contributed by atoms with Crippen molar-refractivity contribution < 1.29 is 4.79 Å². The molecule has 0 bridgehead atoms. The van der Waals surface area contributed by atoms with E-state index in [1.807, 2.05) is 24.1 Å². The van der Waals surface area contributed by atoms with Crippen molar-refractivity contribution in [2.75, 3.05) is 7.05 Å². The monoisotopic (exact) mass is 256 g/mol. The van der Waals surface area contributed by atoms with Crippen molar-refractivity contribution in [3.63, 3.8) is 0 Å². The highest BCUT2D eigenvalue weighted by molar-refractivity contribution is 5.98. The molecule has 0 radical (unpaired) electrons. The molecule has 1 aliphatic rings. The number of benzene rings is 1. The Kier molecular flexibility index (Phi) is 3.05. The molecule has 1 heterocycles. The molecular formula is C16H20N2O. The van der Waals surface area contributed by atoms with Crippen LogP contribution in [0.15, 0.2) is 24.3 Å². The van der Waals surface area contributed by atoms with Crippen LogP contribution in [0.25, 0.3) is 10.9 Å². The predicted octanol–water partition coefficient (Wildman–Crippen LogP) is 3.49. The molecule has 0 aliphatic heterocycles. The number of hydrogen-bond donors (Lipinski definition) is 1. The van der Waals surface area contributed by atoms with Crippen LogP contribution in [-0.2, 0) is 0 Å². The second kappa shape index (κ2) is 4.72. The summed E-state index contributed by atoms with van der Waals surface area (Å²) in [6, 6.07) is 8.60. The van der Waals surface area contributed by atoms with Gasteiger partial charge in [-0.1, -0.05) is 24.5 Å². The molecule has 19 heavy (non-hydrogen) atoms. The average molecular weight is 256 g/mol. The zero-order chi connectivity index (χ0) is 13.4. The van der Waals surface area contributed by atoms with Gasteiger partial charge in [0.15, 0.2) is 0 Å². The van der Waals surface area contributed by atoms with Gasteiger partial charge < -0.3 is 9.88 Å². The largest absolute Gasteiger partial charge is 0.351 e. The van der Waals surface area contributed by atoms with Gasteiger partial charge in [0.05, 0.1) is 0 Å². The third-order valence-corrected chi connectivity index (χ3v) is 4.20. The Labute approximate surface area is 113 Å². The minimum absolute atomic E-state index is 0.112. The lowest BCUT2D eigenvalue weighted by Crippen LogP contribution is -2.35. The first-order valence-corrected chi connectivity index (χ1v) is 7.02. The molecule has 3 heteroatoms. The lowest BCUT2D eigenvalue weighted by Gasteiger charge is -2.23. The number of amides is 1. The minimum Gasteiger partial charge on any atom is -0.351 e. The van der Waals surface area contributed by atoms with Crippen LogP contribution in [0.5, 0.6) is 0 Å². The van der Waals surface area contributed by atoms with Crippen molar-refractivity contribution in [3.8, 4) is 0 Å². The van der Waals surface area contributed by atoms with Crippen LogP contribution in [-0.4, -0.2) is 28.9 Å². The van der Waals surface area contributed by atoms with Crippen LogP contribution >= 0.6 is 0 Å². The minimum atomic E-state index is 0.112. The van der Waals surface area contributed by atoms with E-state index >= 15 is 0 Å². The van der Waals surface area contributed by atoms with Gasteiger partial charge in [-0.25, -0.2) is 0 Å². The summed E-state index contributed by atoms with van der Waals surface area (Å²) in [6.07, 6.45) is 4.77. The third-order valence-electron chi connectivity index (χ3n) is 4.20. The van der Waals surface area contributed by atoms with E-state index in [2.05, 4.69) is 24.0 Å². The van der Waals surface area contributed by atoms with Crippen LogP contribution in [0.4, 0.5) is 0 Å².